The van der Waals surface area contributed by atoms with Crippen molar-refractivity contribution >= 4 is 28.1 Å². The van der Waals surface area contributed by atoms with Crippen molar-refractivity contribution in [3.63, 3.8) is 0 Å². The van der Waals surface area contributed by atoms with Gasteiger partial charge in [-0.2, -0.15) is 0 Å². The number of hydrogen-bond donors (Lipinski definition) is 0. The molecule has 0 saturated heterocycles. The Kier molecular flexibility index (Phi) is 8.64. The van der Waals surface area contributed by atoms with Crippen molar-refractivity contribution in [1.82, 2.24) is 14.5 Å². The molecule has 2 aromatic heterocycles. The van der Waals surface area contributed by atoms with Crippen LogP contribution in [0.4, 0.5) is 5.82 Å². The van der Waals surface area contributed by atoms with Gasteiger partial charge in [-0.15, -0.1) is 0 Å². The summed E-state index contributed by atoms with van der Waals surface area (Å²) in [6.45, 7) is 18.9. The second-order valence-corrected chi connectivity index (χ2v) is 22.3. The summed E-state index contributed by atoms with van der Waals surface area (Å²) in [4.78, 5) is 35.3. The molecule has 0 aromatic carbocycles. The number of fused-ring (bicyclic) bond motifs is 1. The van der Waals surface area contributed by atoms with Crippen LogP contribution in [-0.4, -0.2) is 63.4 Å². The van der Waals surface area contributed by atoms with E-state index in [2.05, 4.69) is 63.5 Å². The van der Waals surface area contributed by atoms with E-state index in [-0.39, 0.29) is 41.8 Å². The molecule has 0 bridgehead atoms. The highest BCUT2D eigenvalue weighted by molar-refractivity contribution is 6.76. The molecule has 10 nitrogen and oxygen atoms in total. The minimum absolute atomic E-state index is 0.0531. The molecule has 0 fully saturated rings. The van der Waals surface area contributed by atoms with Gasteiger partial charge in [-0.05, 0) is 30.6 Å². The first-order chi connectivity index (χ1) is 16.7. The lowest BCUT2D eigenvalue weighted by molar-refractivity contribution is -0.122. The molecule has 36 heavy (non-hydrogen) atoms. The number of aromatic nitrogens is 3. The molecule has 0 spiro atoms. The summed E-state index contributed by atoms with van der Waals surface area (Å²) in [5.74, 6) is 0.407. The molecular formula is C24H40N4O6Si2. The number of nitrogens with zero attached hydrogens (tertiary/aromatic N) is 4. The first-order valence-corrected chi connectivity index (χ1v) is 19.0. The Labute approximate surface area is 215 Å². The van der Waals surface area contributed by atoms with Crippen LogP contribution in [0.2, 0.25) is 43.8 Å². The van der Waals surface area contributed by atoms with E-state index >= 15 is 0 Å². The summed E-state index contributed by atoms with van der Waals surface area (Å²) in [5, 5.41) is 0.145. The zero-order valence-electron chi connectivity index (χ0n) is 22.8. The van der Waals surface area contributed by atoms with Crippen LogP contribution in [-0.2, 0) is 20.4 Å². The van der Waals surface area contributed by atoms with E-state index in [1.165, 1.54) is 15.7 Å². The molecule has 3 rings (SSSR count). The Morgan fingerprint density at radius 3 is 2.50 bits per heavy atom. The predicted octanol–water partition coefficient (Wildman–Crippen LogP) is 4.21. The maximum atomic E-state index is 12.6. The van der Waals surface area contributed by atoms with Crippen LogP contribution in [0, 0.1) is 0 Å². The van der Waals surface area contributed by atoms with Gasteiger partial charge in [0.2, 0.25) is 5.82 Å². The monoisotopic (exact) mass is 536 g/mol. The van der Waals surface area contributed by atoms with Gasteiger partial charge >= 0.3 is 5.76 Å². The highest BCUT2D eigenvalue weighted by atomic mass is 28.4. The molecule has 12 heteroatoms. The second kappa shape index (κ2) is 11.0. The van der Waals surface area contributed by atoms with Gasteiger partial charge < -0.3 is 18.3 Å². The van der Waals surface area contributed by atoms with Gasteiger partial charge in [0.15, 0.2) is 20.7 Å². The molecule has 1 aliphatic heterocycles. The second-order valence-electron chi connectivity index (χ2n) is 11.9. The fourth-order valence-corrected chi connectivity index (χ4v) is 5.04. The average molecular weight is 537 g/mol. The summed E-state index contributed by atoms with van der Waals surface area (Å²) < 4.78 is 24.1. The lowest BCUT2D eigenvalue weighted by Gasteiger charge is -2.36. The van der Waals surface area contributed by atoms with Crippen molar-refractivity contribution in [1.29, 1.82) is 0 Å². The molecule has 2 aromatic rings. The summed E-state index contributed by atoms with van der Waals surface area (Å²) >= 11 is 0. The van der Waals surface area contributed by atoms with Crippen LogP contribution in [0.3, 0.4) is 0 Å². The van der Waals surface area contributed by atoms with E-state index in [0.29, 0.717) is 25.4 Å². The third kappa shape index (κ3) is 7.14. The Bertz CT molecular complexity index is 1120. The van der Waals surface area contributed by atoms with Crippen LogP contribution in [0.15, 0.2) is 21.6 Å². The summed E-state index contributed by atoms with van der Waals surface area (Å²) in [5.41, 5.74) is 0. The van der Waals surface area contributed by atoms with Crippen molar-refractivity contribution in [3.8, 4) is 11.7 Å². The Balaban J connectivity index is 1.68. The maximum Gasteiger partial charge on any atom is 0.425 e. The Hall–Kier alpha value is -2.29. The molecule has 0 N–H and O–H groups in total. The van der Waals surface area contributed by atoms with Crippen LogP contribution >= 0.6 is 0 Å². The largest absolute Gasteiger partial charge is 0.465 e. The van der Waals surface area contributed by atoms with Crippen molar-refractivity contribution < 1.29 is 23.1 Å². The minimum atomic E-state index is -1.82. The van der Waals surface area contributed by atoms with Crippen LogP contribution < -0.4 is 15.4 Å². The molecule has 0 aliphatic carbocycles. The number of hydrogen-bond acceptors (Lipinski definition) is 8. The van der Waals surface area contributed by atoms with Crippen LogP contribution in [0.1, 0.15) is 33.0 Å². The summed E-state index contributed by atoms with van der Waals surface area (Å²) in [6, 6.07) is 0.984. The molecular weight excluding hydrogens is 496 g/mol. The number of carbonyl (C=O) groups is 1. The number of amides is 1. The maximum absolute atomic E-state index is 12.6. The highest BCUT2D eigenvalue weighted by Crippen LogP contribution is 2.36. The number of carbonyl (C=O) groups excluding carboxylic acids is 1. The van der Waals surface area contributed by atoms with E-state index in [9.17, 15) is 9.59 Å². The van der Waals surface area contributed by atoms with Gasteiger partial charge in [-0.1, -0.05) is 40.4 Å². The smallest absolute Gasteiger partial charge is 0.425 e. The third-order valence-corrected chi connectivity index (χ3v) is 12.8. The van der Waals surface area contributed by atoms with E-state index < -0.39 is 22.1 Å². The molecule has 0 unspecified atom stereocenters. The van der Waals surface area contributed by atoms with Gasteiger partial charge in [0.1, 0.15) is 12.5 Å². The normalized spacial score (nSPS) is 14.7. The SMILES string of the molecule is CC(C)(C)[Si](C)(C)OCCCc1cn(-c2cnc3c(n2)N(COCC[Si](C)(C)C)C(=O)CO3)c(=O)o1. The zero-order valence-corrected chi connectivity index (χ0v) is 24.8. The highest BCUT2D eigenvalue weighted by Gasteiger charge is 2.36. The molecule has 200 valence electrons. The topological polar surface area (TPSA) is 109 Å². The number of rotatable bonds is 11. The van der Waals surface area contributed by atoms with Gasteiger partial charge in [-0.3, -0.25) is 9.69 Å². The lowest BCUT2D eigenvalue weighted by atomic mass is 10.2. The lowest BCUT2D eigenvalue weighted by Crippen LogP contribution is -2.41. The van der Waals surface area contributed by atoms with E-state index in [0.717, 1.165) is 12.5 Å². The predicted molar refractivity (Wildman–Crippen MR) is 143 cm³/mol. The molecule has 0 radical (unpaired) electrons. The fourth-order valence-electron chi connectivity index (χ4n) is 3.20. The molecule has 1 aliphatic rings. The molecule has 1 amide bonds. The van der Waals surface area contributed by atoms with Crippen molar-refractivity contribution in [2.45, 2.75) is 77.4 Å². The average Bonchev–Trinajstić information content (AvgIpc) is 3.14. The van der Waals surface area contributed by atoms with Gasteiger partial charge in [0.25, 0.3) is 11.8 Å². The molecule has 3 heterocycles. The number of anilines is 1. The fraction of sp³-hybridized carbons (Fsp3) is 0.667. The molecule has 0 atom stereocenters. The third-order valence-electron chi connectivity index (χ3n) is 6.59. The zero-order chi connectivity index (χ0) is 26.7. The number of ether oxygens (including phenoxy) is 2. The Morgan fingerprint density at radius 1 is 1.11 bits per heavy atom. The van der Waals surface area contributed by atoms with Gasteiger partial charge in [0.05, 0.1) is 12.4 Å². The first-order valence-electron chi connectivity index (χ1n) is 12.4. The van der Waals surface area contributed by atoms with E-state index in [4.69, 9.17) is 18.3 Å². The summed E-state index contributed by atoms with van der Waals surface area (Å²) in [6.07, 6.45) is 4.35. The Morgan fingerprint density at radius 2 is 1.83 bits per heavy atom. The quantitative estimate of drug-likeness (QED) is 0.310. The van der Waals surface area contributed by atoms with Crippen LogP contribution in [0.25, 0.3) is 5.82 Å². The summed E-state index contributed by atoms with van der Waals surface area (Å²) in [7, 11) is -3.07. The van der Waals surface area contributed by atoms with E-state index in [1.54, 1.807) is 6.20 Å². The standard InChI is InChI=1S/C24H40N4O6Si2/c1-24(2,3)36(7,8)33-11-9-10-18-15-27(23(30)34-18)19-14-25-22-21(26-19)28(20(29)16-32-22)17-31-12-13-35(4,5)6/h14-15H,9-13,16-17H2,1-8H3. The first kappa shape index (κ1) is 28.3. The van der Waals surface area contributed by atoms with Gasteiger partial charge in [0, 0.05) is 27.7 Å². The molecule has 0 saturated carbocycles. The van der Waals surface area contributed by atoms with Crippen molar-refractivity contribution in [2.75, 3.05) is 31.5 Å². The van der Waals surface area contributed by atoms with E-state index in [1.807, 2.05) is 0 Å². The number of aryl methyl sites for hydroxylation is 1. The van der Waals surface area contributed by atoms with Gasteiger partial charge in [-0.25, -0.2) is 19.3 Å². The number of oxazole rings is 1. The van der Waals surface area contributed by atoms with Crippen molar-refractivity contribution in [2.24, 2.45) is 0 Å². The van der Waals surface area contributed by atoms with Crippen molar-refractivity contribution in [3.05, 3.63) is 28.7 Å². The minimum Gasteiger partial charge on any atom is -0.465 e. The van der Waals surface area contributed by atoms with Crippen LogP contribution in [0.5, 0.6) is 5.88 Å².